The zero-order valence-electron chi connectivity index (χ0n) is 11.1. The van der Waals surface area contributed by atoms with Gasteiger partial charge in [-0.2, -0.15) is 5.10 Å². The van der Waals surface area contributed by atoms with Crippen LogP contribution in [0.5, 0.6) is 5.75 Å². The number of rotatable bonds is 6. The third-order valence-corrected chi connectivity index (χ3v) is 3.21. The summed E-state index contributed by atoms with van der Waals surface area (Å²) < 4.78 is 7.66. The van der Waals surface area contributed by atoms with Crippen LogP contribution in [0.25, 0.3) is 0 Å². The highest BCUT2D eigenvalue weighted by atomic mass is 35.5. The van der Waals surface area contributed by atoms with E-state index in [0.29, 0.717) is 11.6 Å². The average molecular weight is 280 g/mol. The summed E-state index contributed by atoms with van der Waals surface area (Å²) in [5.74, 6) is 0.813. The Balaban J connectivity index is 1.97. The molecule has 1 N–H and O–H groups in total. The van der Waals surface area contributed by atoms with Crippen molar-refractivity contribution in [2.45, 2.75) is 19.5 Å². The normalized spacial score (nSPS) is 12.4. The Labute approximate surface area is 118 Å². The van der Waals surface area contributed by atoms with Crippen molar-refractivity contribution >= 4 is 11.6 Å². The molecule has 0 spiro atoms. The number of ether oxygens (including phenoxy) is 1. The topological polar surface area (TPSA) is 39.1 Å². The Hall–Kier alpha value is -1.52. The molecule has 0 saturated heterocycles. The molecule has 0 radical (unpaired) electrons. The van der Waals surface area contributed by atoms with Crippen LogP contribution < -0.4 is 10.1 Å². The first-order chi connectivity index (χ1) is 9.22. The van der Waals surface area contributed by atoms with Crippen molar-refractivity contribution in [3.8, 4) is 5.75 Å². The number of likely N-dealkylation sites (N-methyl/N-ethyl adjacent to an activating group) is 1. The van der Waals surface area contributed by atoms with Crippen LogP contribution in [0.2, 0.25) is 5.02 Å². The summed E-state index contributed by atoms with van der Waals surface area (Å²) in [7, 11) is 1.92. The van der Waals surface area contributed by atoms with Crippen LogP contribution in [0, 0.1) is 0 Å². The molecule has 0 aliphatic rings. The number of nitrogens with one attached hydrogen (secondary N) is 1. The first-order valence-electron chi connectivity index (χ1n) is 6.31. The highest BCUT2D eigenvalue weighted by Gasteiger charge is 2.12. The second kappa shape index (κ2) is 6.59. The van der Waals surface area contributed by atoms with Crippen LogP contribution in [0.4, 0.5) is 0 Å². The van der Waals surface area contributed by atoms with Crippen molar-refractivity contribution in [2.24, 2.45) is 0 Å². The van der Waals surface area contributed by atoms with E-state index < -0.39 is 0 Å². The van der Waals surface area contributed by atoms with Gasteiger partial charge in [0.2, 0.25) is 0 Å². The van der Waals surface area contributed by atoms with Crippen LogP contribution in [-0.4, -0.2) is 23.4 Å². The summed E-state index contributed by atoms with van der Waals surface area (Å²) >= 11 is 5.84. The van der Waals surface area contributed by atoms with Crippen LogP contribution in [-0.2, 0) is 6.54 Å². The maximum atomic E-state index is 5.84. The van der Waals surface area contributed by atoms with Gasteiger partial charge in [0.05, 0.1) is 12.2 Å². The van der Waals surface area contributed by atoms with Gasteiger partial charge in [0.1, 0.15) is 12.4 Å². The number of hydrogen-bond acceptors (Lipinski definition) is 3. The summed E-state index contributed by atoms with van der Waals surface area (Å²) in [6, 6.07) is 7.49. The second-order valence-electron chi connectivity index (χ2n) is 4.24. The van der Waals surface area contributed by atoms with E-state index >= 15 is 0 Å². The summed E-state index contributed by atoms with van der Waals surface area (Å²) in [5, 5.41) is 8.22. The fourth-order valence-corrected chi connectivity index (χ4v) is 1.92. The number of halogens is 1. The van der Waals surface area contributed by atoms with Crippen molar-refractivity contribution in [1.82, 2.24) is 15.1 Å². The molecule has 0 bridgehead atoms. The maximum Gasteiger partial charge on any atom is 0.119 e. The molecular weight excluding hydrogens is 262 g/mol. The third kappa shape index (κ3) is 3.72. The number of hydrogen-bond donors (Lipinski definition) is 1. The lowest BCUT2D eigenvalue weighted by Crippen LogP contribution is -2.22. The Morgan fingerprint density at radius 1 is 1.37 bits per heavy atom. The van der Waals surface area contributed by atoms with E-state index in [0.717, 1.165) is 17.9 Å². The standard InChI is InChI=1S/C14H18ClN3O/c1-3-18-9-11(8-17-18)14(16-2)10-19-13-6-4-12(15)5-7-13/h4-9,14,16H,3,10H2,1-2H3. The Kier molecular flexibility index (Phi) is 4.82. The van der Waals surface area contributed by atoms with Crippen molar-refractivity contribution < 1.29 is 4.74 Å². The molecule has 4 nitrogen and oxygen atoms in total. The molecule has 1 unspecified atom stereocenters. The van der Waals surface area contributed by atoms with Crippen molar-refractivity contribution in [3.63, 3.8) is 0 Å². The smallest absolute Gasteiger partial charge is 0.119 e. The quantitative estimate of drug-likeness (QED) is 0.884. The molecule has 0 amide bonds. The van der Waals surface area contributed by atoms with E-state index in [1.54, 1.807) is 0 Å². The summed E-state index contributed by atoms with van der Waals surface area (Å²) in [5.41, 5.74) is 1.12. The van der Waals surface area contributed by atoms with Gasteiger partial charge in [-0.15, -0.1) is 0 Å². The van der Waals surface area contributed by atoms with Crippen molar-refractivity contribution in [2.75, 3.05) is 13.7 Å². The van der Waals surface area contributed by atoms with Crippen LogP contribution in [0.1, 0.15) is 18.5 Å². The number of benzene rings is 1. The third-order valence-electron chi connectivity index (χ3n) is 2.96. The monoisotopic (exact) mass is 279 g/mol. The number of aromatic nitrogens is 2. The zero-order valence-corrected chi connectivity index (χ0v) is 11.9. The molecule has 0 fully saturated rings. The lowest BCUT2D eigenvalue weighted by atomic mass is 10.2. The first kappa shape index (κ1) is 13.9. The molecule has 1 aromatic heterocycles. The predicted octanol–water partition coefficient (Wildman–Crippen LogP) is 2.90. The predicted molar refractivity (Wildman–Crippen MR) is 76.6 cm³/mol. The molecule has 1 atom stereocenters. The summed E-state index contributed by atoms with van der Waals surface area (Å²) in [4.78, 5) is 0. The molecule has 0 aliphatic carbocycles. The molecule has 2 aromatic rings. The van der Waals surface area contributed by atoms with Gasteiger partial charge in [-0.05, 0) is 38.2 Å². The van der Waals surface area contributed by atoms with Gasteiger partial charge in [0, 0.05) is 23.3 Å². The summed E-state index contributed by atoms with van der Waals surface area (Å²) in [6.07, 6.45) is 3.91. The molecular formula is C14H18ClN3O. The largest absolute Gasteiger partial charge is 0.492 e. The van der Waals surface area contributed by atoms with Crippen molar-refractivity contribution in [1.29, 1.82) is 0 Å². The summed E-state index contributed by atoms with van der Waals surface area (Å²) in [6.45, 7) is 3.48. The van der Waals surface area contributed by atoms with Gasteiger partial charge in [-0.3, -0.25) is 4.68 Å². The van der Waals surface area contributed by atoms with E-state index in [9.17, 15) is 0 Å². The van der Waals surface area contributed by atoms with E-state index in [-0.39, 0.29) is 6.04 Å². The molecule has 102 valence electrons. The van der Waals surface area contributed by atoms with Gasteiger partial charge in [-0.25, -0.2) is 0 Å². The number of aryl methyl sites for hydroxylation is 1. The molecule has 5 heteroatoms. The minimum atomic E-state index is 0.121. The fraction of sp³-hybridized carbons (Fsp3) is 0.357. The minimum Gasteiger partial charge on any atom is -0.492 e. The SMILES string of the molecule is CCn1cc(C(COc2ccc(Cl)cc2)NC)cn1. The van der Waals surface area contributed by atoms with E-state index in [1.807, 2.05) is 48.4 Å². The van der Waals surface area contributed by atoms with E-state index in [4.69, 9.17) is 16.3 Å². The van der Waals surface area contributed by atoms with E-state index in [2.05, 4.69) is 17.3 Å². The van der Waals surface area contributed by atoms with Gasteiger partial charge >= 0.3 is 0 Å². The zero-order chi connectivity index (χ0) is 13.7. The fourth-order valence-electron chi connectivity index (χ4n) is 1.79. The highest BCUT2D eigenvalue weighted by Crippen LogP contribution is 2.18. The Bertz CT molecular complexity index is 510. The Morgan fingerprint density at radius 3 is 2.68 bits per heavy atom. The van der Waals surface area contributed by atoms with E-state index in [1.165, 1.54) is 0 Å². The van der Waals surface area contributed by atoms with Crippen LogP contribution in [0.15, 0.2) is 36.7 Å². The second-order valence-corrected chi connectivity index (χ2v) is 4.67. The molecule has 2 rings (SSSR count). The van der Waals surface area contributed by atoms with Gasteiger partial charge < -0.3 is 10.1 Å². The molecule has 0 aliphatic heterocycles. The van der Waals surface area contributed by atoms with Gasteiger partial charge in [0.15, 0.2) is 0 Å². The maximum absolute atomic E-state index is 5.84. The average Bonchev–Trinajstić information content (AvgIpc) is 2.90. The molecule has 1 heterocycles. The lowest BCUT2D eigenvalue weighted by molar-refractivity contribution is 0.273. The van der Waals surface area contributed by atoms with Crippen LogP contribution in [0.3, 0.4) is 0 Å². The van der Waals surface area contributed by atoms with Gasteiger partial charge in [0.25, 0.3) is 0 Å². The van der Waals surface area contributed by atoms with Gasteiger partial charge in [-0.1, -0.05) is 11.6 Å². The molecule has 0 saturated carbocycles. The molecule has 19 heavy (non-hydrogen) atoms. The number of nitrogens with zero attached hydrogens (tertiary/aromatic N) is 2. The Morgan fingerprint density at radius 2 is 2.11 bits per heavy atom. The van der Waals surface area contributed by atoms with Crippen molar-refractivity contribution in [3.05, 3.63) is 47.2 Å². The molecule has 1 aromatic carbocycles. The first-order valence-corrected chi connectivity index (χ1v) is 6.68. The highest BCUT2D eigenvalue weighted by molar-refractivity contribution is 6.30. The lowest BCUT2D eigenvalue weighted by Gasteiger charge is -2.15. The van der Waals surface area contributed by atoms with Crippen LogP contribution >= 0.6 is 11.6 Å². The minimum absolute atomic E-state index is 0.121.